The van der Waals surface area contributed by atoms with Crippen LogP contribution in [0.3, 0.4) is 0 Å². The van der Waals surface area contributed by atoms with Crippen molar-refractivity contribution in [2.75, 3.05) is 26.4 Å². The molecule has 3 unspecified atom stereocenters. The summed E-state index contributed by atoms with van der Waals surface area (Å²) in [6.07, 6.45) is 70.7. The van der Waals surface area contributed by atoms with Gasteiger partial charge in [0, 0.05) is 19.3 Å². The molecule has 0 aromatic rings. The third kappa shape index (κ3) is 57.1. The van der Waals surface area contributed by atoms with Crippen LogP contribution in [-0.2, 0) is 42.2 Å². The molecule has 0 fully saturated rings. The second-order valence-corrected chi connectivity index (χ2v) is 21.9. The van der Waals surface area contributed by atoms with Crippen LogP contribution in [0.1, 0.15) is 265 Å². The highest BCUT2D eigenvalue weighted by molar-refractivity contribution is 7.47. The van der Waals surface area contributed by atoms with Gasteiger partial charge in [-0.05, 0) is 96.3 Å². The highest BCUT2D eigenvalue weighted by atomic mass is 31.2. The molecule has 11 nitrogen and oxygen atoms in total. The third-order valence-electron chi connectivity index (χ3n) is 13.0. The van der Waals surface area contributed by atoms with E-state index in [1.807, 2.05) is 0 Å². The lowest BCUT2D eigenvalue weighted by atomic mass is 10.0. The molecule has 0 aliphatic heterocycles. The van der Waals surface area contributed by atoms with Gasteiger partial charge in [0.15, 0.2) is 6.10 Å². The van der Waals surface area contributed by atoms with Crippen molar-refractivity contribution in [3.63, 3.8) is 0 Å². The number of phosphoric acid groups is 1. The Hall–Kier alpha value is -3.60. The van der Waals surface area contributed by atoms with Crippen molar-refractivity contribution >= 4 is 25.7 Å². The van der Waals surface area contributed by atoms with Crippen LogP contribution in [0.2, 0.25) is 0 Å². The van der Waals surface area contributed by atoms with Crippen molar-refractivity contribution in [3.8, 4) is 0 Å². The molecule has 3 atom stereocenters. The molecule has 0 saturated carbocycles. The van der Waals surface area contributed by atoms with Gasteiger partial charge in [0.25, 0.3) is 0 Å². The zero-order chi connectivity index (χ0) is 56.9. The highest BCUT2D eigenvalue weighted by Gasteiger charge is 2.28. The van der Waals surface area contributed by atoms with Crippen molar-refractivity contribution in [1.82, 2.24) is 0 Å². The normalized spacial score (nSPS) is 14.0. The lowest BCUT2D eigenvalue weighted by Crippen LogP contribution is -2.30. The summed E-state index contributed by atoms with van der Waals surface area (Å²) in [5.41, 5.74) is 0. The van der Waals surface area contributed by atoms with Crippen LogP contribution in [0, 0.1) is 0 Å². The van der Waals surface area contributed by atoms with E-state index in [4.69, 9.17) is 23.3 Å². The minimum absolute atomic E-state index is 0.142. The molecular formula is C66H113O11P. The molecule has 0 bridgehead atoms. The van der Waals surface area contributed by atoms with Crippen LogP contribution in [0.5, 0.6) is 0 Å². The van der Waals surface area contributed by atoms with Gasteiger partial charge in [-0.3, -0.25) is 23.4 Å². The number of hydrogen-bond acceptors (Lipinski definition) is 10. The zero-order valence-electron chi connectivity index (χ0n) is 49.6. The van der Waals surface area contributed by atoms with Gasteiger partial charge in [-0.2, -0.15) is 0 Å². The van der Waals surface area contributed by atoms with Crippen LogP contribution in [0.4, 0.5) is 0 Å². The Bertz CT molecular complexity index is 1680. The van der Waals surface area contributed by atoms with Crippen LogP contribution in [0.25, 0.3) is 0 Å². The Labute approximate surface area is 476 Å². The minimum Gasteiger partial charge on any atom is -0.462 e. The van der Waals surface area contributed by atoms with E-state index in [2.05, 4.69) is 118 Å². The van der Waals surface area contributed by atoms with Gasteiger partial charge in [-0.15, -0.1) is 0 Å². The van der Waals surface area contributed by atoms with Crippen LogP contribution >= 0.6 is 7.82 Å². The molecule has 0 radical (unpaired) electrons. The van der Waals surface area contributed by atoms with Crippen molar-refractivity contribution in [1.29, 1.82) is 0 Å². The Morgan fingerprint density at radius 3 is 1.03 bits per heavy atom. The molecule has 0 heterocycles. The second-order valence-electron chi connectivity index (χ2n) is 20.5. The first-order chi connectivity index (χ1) is 38.2. The van der Waals surface area contributed by atoms with E-state index in [0.29, 0.717) is 19.3 Å². The van der Waals surface area contributed by atoms with Gasteiger partial charge in [0.2, 0.25) is 0 Å². The number of phosphoric ester groups is 1. The largest absolute Gasteiger partial charge is 0.472 e. The van der Waals surface area contributed by atoms with E-state index in [1.165, 1.54) is 70.6 Å². The Morgan fingerprint density at radius 2 is 0.667 bits per heavy atom. The van der Waals surface area contributed by atoms with Gasteiger partial charge in [-0.1, -0.05) is 246 Å². The smallest absolute Gasteiger partial charge is 0.462 e. The molecule has 2 N–H and O–H groups in total. The summed E-state index contributed by atoms with van der Waals surface area (Å²) in [6.45, 7) is 4.40. The predicted molar refractivity (Wildman–Crippen MR) is 325 cm³/mol. The summed E-state index contributed by atoms with van der Waals surface area (Å²) in [4.78, 5) is 48.7. The van der Waals surface area contributed by atoms with E-state index >= 15 is 0 Å². The number of aliphatic hydroxyl groups is 1. The molecule has 0 rings (SSSR count). The summed E-state index contributed by atoms with van der Waals surface area (Å²) in [7, 11) is -4.76. The van der Waals surface area contributed by atoms with Gasteiger partial charge in [0.1, 0.15) is 12.7 Å². The monoisotopic (exact) mass is 1110 g/mol. The molecule has 0 aromatic heterocycles. The maximum atomic E-state index is 12.9. The maximum Gasteiger partial charge on any atom is 0.472 e. The molecule has 0 aromatic carbocycles. The number of rotatable bonds is 57. The number of carbonyl (C=O) groups is 3. The SMILES string of the molecule is CC/C=C\C/C=C\C/C=C\C/C=C\CCCCCCCCC(=O)OC(COC(=O)CCCCCC/C=C\C/C=C\C/C=C\C/C=C\CC)COP(=O)(O)OCC(CO)OC(=O)CCCCCCCCCCCCCCCCC. The highest BCUT2D eigenvalue weighted by Crippen LogP contribution is 2.43. The number of unbranched alkanes of at least 4 members (excludes halogenated alkanes) is 24. The summed E-state index contributed by atoms with van der Waals surface area (Å²) in [6, 6.07) is 0. The van der Waals surface area contributed by atoms with E-state index in [0.717, 1.165) is 135 Å². The average Bonchev–Trinajstić information content (AvgIpc) is 3.43. The van der Waals surface area contributed by atoms with Crippen molar-refractivity contribution in [2.45, 2.75) is 277 Å². The molecule has 0 aliphatic carbocycles. The molecule has 78 heavy (non-hydrogen) atoms. The molecule has 0 amide bonds. The first-order valence-corrected chi connectivity index (χ1v) is 32.6. The number of hydrogen-bond donors (Lipinski definition) is 2. The van der Waals surface area contributed by atoms with Gasteiger partial charge >= 0.3 is 25.7 Å². The summed E-state index contributed by atoms with van der Waals surface area (Å²) >= 11 is 0. The zero-order valence-corrected chi connectivity index (χ0v) is 50.5. The summed E-state index contributed by atoms with van der Waals surface area (Å²) in [5.74, 6) is -1.51. The minimum atomic E-state index is -4.76. The van der Waals surface area contributed by atoms with Crippen LogP contribution < -0.4 is 0 Å². The maximum absolute atomic E-state index is 12.9. The van der Waals surface area contributed by atoms with Gasteiger partial charge in [0.05, 0.1) is 19.8 Å². The quantitative estimate of drug-likeness (QED) is 0.0197. The summed E-state index contributed by atoms with van der Waals surface area (Å²) < 4.78 is 39.6. The molecular weight excluding hydrogens is 1000 g/mol. The van der Waals surface area contributed by atoms with E-state index < -0.39 is 57.8 Å². The molecule has 0 spiro atoms. The van der Waals surface area contributed by atoms with Crippen molar-refractivity contribution in [2.24, 2.45) is 0 Å². The van der Waals surface area contributed by atoms with Crippen molar-refractivity contribution < 1.29 is 52.2 Å². The Morgan fingerprint density at radius 1 is 0.372 bits per heavy atom. The Balaban J connectivity index is 4.77. The third-order valence-corrected chi connectivity index (χ3v) is 14.0. The topological polar surface area (TPSA) is 155 Å². The molecule has 12 heteroatoms. The molecule has 448 valence electrons. The fourth-order valence-electron chi connectivity index (χ4n) is 8.34. The number of allylic oxidation sites excluding steroid dienone is 16. The van der Waals surface area contributed by atoms with Crippen molar-refractivity contribution in [3.05, 3.63) is 97.2 Å². The Kier molecular flexibility index (Phi) is 56.8. The standard InChI is InChI=1S/C66H113O11P/c1-4-7-10-13-16-19-22-25-28-30-31-33-36-39-42-45-48-51-54-57-66(70)77-63(59-73-64(68)55-52-49-46-43-40-37-35-32-29-26-23-20-17-14-11-8-5-2)61-75-78(71,72)74-60-62(58-67)76-65(69)56-53-50-47-44-41-38-34-27-24-21-18-15-12-9-6-3/h7-8,10-11,16-17,19-20,25-26,28-29,31,33,35,37,62-63,67H,4-6,9,12-15,18,21-24,27,30,32,34,36,38-61H2,1-3H3,(H,71,72)/b10-7-,11-8-,19-16-,20-17-,28-25-,29-26-,33-31-,37-35-. The molecule has 0 aliphatic rings. The number of carbonyl (C=O) groups excluding carboxylic acids is 3. The van der Waals surface area contributed by atoms with E-state index in [9.17, 15) is 28.9 Å². The van der Waals surface area contributed by atoms with E-state index in [1.54, 1.807) is 0 Å². The van der Waals surface area contributed by atoms with Gasteiger partial charge < -0.3 is 24.2 Å². The number of aliphatic hydroxyl groups excluding tert-OH is 1. The predicted octanol–water partition coefficient (Wildman–Crippen LogP) is 18.8. The fourth-order valence-corrected chi connectivity index (χ4v) is 9.12. The number of ether oxygens (including phenoxy) is 3. The first-order valence-electron chi connectivity index (χ1n) is 31.1. The number of esters is 3. The van der Waals surface area contributed by atoms with Gasteiger partial charge in [-0.25, -0.2) is 4.57 Å². The average molecular weight is 1110 g/mol. The van der Waals surface area contributed by atoms with E-state index in [-0.39, 0.29) is 25.9 Å². The van der Waals surface area contributed by atoms with Crippen LogP contribution in [0.15, 0.2) is 97.2 Å². The summed E-state index contributed by atoms with van der Waals surface area (Å²) in [5, 5.41) is 9.84. The first kappa shape index (κ1) is 74.4. The van der Waals surface area contributed by atoms with Crippen LogP contribution in [-0.4, -0.2) is 66.5 Å². The molecule has 0 saturated heterocycles. The fraction of sp³-hybridized carbons (Fsp3) is 0.712. The lowest BCUT2D eigenvalue weighted by molar-refractivity contribution is -0.161. The lowest BCUT2D eigenvalue weighted by Gasteiger charge is -2.21. The second kappa shape index (κ2) is 59.5.